The van der Waals surface area contributed by atoms with Crippen LogP contribution in [0.1, 0.15) is 37.2 Å². The largest absolute Gasteiger partial charge is 0.480 e. The van der Waals surface area contributed by atoms with Gasteiger partial charge in [-0.05, 0) is 23.2 Å². The summed E-state index contributed by atoms with van der Waals surface area (Å²) in [5.41, 5.74) is 3.80. The molecule has 0 saturated carbocycles. The van der Waals surface area contributed by atoms with Gasteiger partial charge in [0.25, 0.3) is 5.91 Å². The molecule has 0 atom stereocenters. The van der Waals surface area contributed by atoms with Crippen LogP contribution in [0.25, 0.3) is 0 Å². The first-order chi connectivity index (χ1) is 7.96. The minimum atomic E-state index is -1.33. The predicted octanol–water partition coefficient (Wildman–Crippen LogP) is 0.0250. The number of nitrogens with zero attached hydrogens (tertiary/aromatic N) is 2. The molecule has 0 unspecified atom stereocenters. The highest BCUT2D eigenvalue weighted by molar-refractivity contribution is 5.99. The van der Waals surface area contributed by atoms with Crippen molar-refractivity contribution in [2.24, 2.45) is 0 Å². The lowest BCUT2D eigenvalue weighted by Crippen LogP contribution is -2.53. The third-order valence-electron chi connectivity index (χ3n) is 2.70. The number of carboxylic acid groups (broad SMARTS) is 1. The number of rotatable bonds is 5. The molecule has 0 aromatic carbocycles. The number of anilines is 1. The molecule has 0 aliphatic carbocycles. The van der Waals surface area contributed by atoms with Gasteiger partial charge in [0.05, 0.1) is 0 Å². The van der Waals surface area contributed by atoms with Gasteiger partial charge in [0.2, 0.25) is 11.5 Å². The first-order valence-electron chi connectivity index (χ1n) is 5.10. The van der Waals surface area contributed by atoms with E-state index in [-0.39, 0.29) is 24.4 Å². The fraction of sp³-hybridized carbons (Fsp3) is 0.556. The summed E-state index contributed by atoms with van der Waals surface area (Å²) in [6.07, 6.45) is 0.492. The van der Waals surface area contributed by atoms with Crippen LogP contribution in [-0.4, -0.2) is 32.8 Å². The first kappa shape index (κ1) is 12.9. The molecule has 0 aliphatic heterocycles. The van der Waals surface area contributed by atoms with Crippen molar-refractivity contribution in [1.82, 2.24) is 15.6 Å². The molecule has 1 aromatic heterocycles. The second-order valence-electron chi connectivity index (χ2n) is 3.55. The van der Waals surface area contributed by atoms with Crippen LogP contribution in [-0.2, 0) is 4.79 Å². The number of hydrogen-bond acceptors (Lipinski definition) is 6. The first-order valence-corrected chi connectivity index (χ1v) is 5.10. The summed E-state index contributed by atoms with van der Waals surface area (Å²) in [7, 11) is 0. The van der Waals surface area contributed by atoms with Gasteiger partial charge in [-0.2, -0.15) is 0 Å². The number of aromatic nitrogens is 2. The number of nitrogens with two attached hydrogens (primary N) is 1. The number of nitrogen functional groups attached to an aromatic ring is 1. The van der Waals surface area contributed by atoms with Gasteiger partial charge >= 0.3 is 5.97 Å². The van der Waals surface area contributed by atoms with E-state index in [4.69, 9.17) is 10.8 Å². The SMILES string of the molecule is CCC(CC)(NC(=O)c1nonc1N)C(=O)O. The average molecular weight is 242 g/mol. The highest BCUT2D eigenvalue weighted by Gasteiger charge is 2.37. The van der Waals surface area contributed by atoms with Crippen LogP contribution in [0.15, 0.2) is 4.63 Å². The van der Waals surface area contributed by atoms with Crippen LogP contribution in [0.3, 0.4) is 0 Å². The third-order valence-corrected chi connectivity index (χ3v) is 2.70. The van der Waals surface area contributed by atoms with Gasteiger partial charge in [0.15, 0.2) is 0 Å². The topological polar surface area (TPSA) is 131 Å². The second-order valence-corrected chi connectivity index (χ2v) is 3.55. The summed E-state index contributed by atoms with van der Waals surface area (Å²) in [5.74, 6) is -1.99. The van der Waals surface area contributed by atoms with Crippen molar-refractivity contribution in [3.63, 3.8) is 0 Å². The molecule has 17 heavy (non-hydrogen) atoms. The highest BCUT2D eigenvalue weighted by atomic mass is 16.6. The molecule has 0 radical (unpaired) electrons. The van der Waals surface area contributed by atoms with Crippen LogP contribution < -0.4 is 11.1 Å². The summed E-state index contributed by atoms with van der Waals surface area (Å²) in [4.78, 5) is 22.9. The standard InChI is InChI=1S/C9H14N4O4/c1-3-9(4-2,8(15)16)11-7(14)5-6(10)13-17-12-5/h3-4H2,1-2H3,(H2,10,13)(H,11,14)(H,15,16). The minimum Gasteiger partial charge on any atom is -0.480 e. The fourth-order valence-electron chi connectivity index (χ4n) is 1.41. The number of carbonyl (C=O) groups excluding carboxylic acids is 1. The van der Waals surface area contributed by atoms with E-state index in [1.54, 1.807) is 13.8 Å². The maximum Gasteiger partial charge on any atom is 0.329 e. The van der Waals surface area contributed by atoms with Crippen LogP contribution in [0.4, 0.5) is 5.82 Å². The lowest BCUT2D eigenvalue weighted by molar-refractivity contribution is -0.144. The molecule has 8 heteroatoms. The molecule has 0 saturated heterocycles. The van der Waals surface area contributed by atoms with Crippen molar-refractivity contribution in [3.8, 4) is 0 Å². The molecule has 4 N–H and O–H groups in total. The summed E-state index contributed by atoms with van der Waals surface area (Å²) >= 11 is 0. The Labute approximate surface area is 97.1 Å². The molecule has 0 aliphatic rings. The van der Waals surface area contributed by atoms with Gasteiger partial charge in [-0.25, -0.2) is 9.42 Å². The lowest BCUT2D eigenvalue weighted by Gasteiger charge is -2.27. The number of aliphatic carboxylic acids is 1. The maximum absolute atomic E-state index is 11.7. The third kappa shape index (κ3) is 2.35. The van der Waals surface area contributed by atoms with Gasteiger partial charge in [0.1, 0.15) is 5.54 Å². The zero-order valence-electron chi connectivity index (χ0n) is 9.56. The van der Waals surface area contributed by atoms with E-state index in [2.05, 4.69) is 20.3 Å². The van der Waals surface area contributed by atoms with E-state index in [9.17, 15) is 9.59 Å². The molecule has 0 spiro atoms. The number of nitrogens with one attached hydrogen (secondary N) is 1. The Morgan fingerprint density at radius 1 is 1.41 bits per heavy atom. The van der Waals surface area contributed by atoms with Gasteiger partial charge in [0, 0.05) is 0 Å². The Morgan fingerprint density at radius 3 is 2.35 bits per heavy atom. The normalized spacial score (nSPS) is 11.2. The maximum atomic E-state index is 11.7. The molecule has 94 valence electrons. The molecule has 1 amide bonds. The monoisotopic (exact) mass is 242 g/mol. The Bertz CT molecular complexity index is 424. The van der Waals surface area contributed by atoms with Crippen molar-refractivity contribution in [2.45, 2.75) is 32.2 Å². The van der Waals surface area contributed by atoms with E-state index in [0.29, 0.717) is 0 Å². The van der Waals surface area contributed by atoms with Crippen LogP contribution in [0.5, 0.6) is 0 Å². The average Bonchev–Trinajstić information content (AvgIpc) is 2.72. The molecule has 1 aromatic rings. The molecule has 8 nitrogen and oxygen atoms in total. The molecular formula is C9H14N4O4. The fourth-order valence-corrected chi connectivity index (χ4v) is 1.41. The zero-order valence-corrected chi connectivity index (χ0v) is 9.56. The van der Waals surface area contributed by atoms with E-state index < -0.39 is 17.4 Å². The molecule has 0 fully saturated rings. The zero-order chi connectivity index (χ0) is 13.1. The number of amides is 1. The quantitative estimate of drug-likeness (QED) is 0.663. The lowest BCUT2D eigenvalue weighted by atomic mass is 9.93. The van der Waals surface area contributed by atoms with Gasteiger partial charge in [-0.3, -0.25) is 4.79 Å². The summed E-state index contributed by atoms with van der Waals surface area (Å²) in [6.45, 7) is 3.34. The van der Waals surface area contributed by atoms with Crippen molar-refractivity contribution in [2.75, 3.05) is 5.73 Å². The van der Waals surface area contributed by atoms with Crippen LogP contribution >= 0.6 is 0 Å². The van der Waals surface area contributed by atoms with E-state index in [1.807, 2.05) is 0 Å². The Morgan fingerprint density at radius 2 is 2.00 bits per heavy atom. The Hall–Kier alpha value is -2.12. The second kappa shape index (κ2) is 4.81. The van der Waals surface area contributed by atoms with E-state index in [0.717, 1.165) is 0 Å². The summed E-state index contributed by atoms with van der Waals surface area (Å²) in [6, 6.07) is 0. The summed E-state index contributed by atoms with van der Waals surface area (Å²) in [5, 5.41) is 18.1. The smallest absolute Gasteiger partial charge is 0.329 e. The van der Waals surface area contributed by atoms with Gasteiger partial charge in [-0.15, -0.1) is 0 Å². The molecule has 1 rings (SSSR count). The molecule has 0 bridgehead atoms. The molecular weight excluding hydrogens is 228 g/mol. The number of carboxylic acids is 1. The van der Waals surface area contributed by atoms with Crippen molar-refractivity contribution in [3.05, 3.63) is 5.69 Å². The molecule has 1 heterocycles. The summed E-state index contributed by atoms with van der Waals surface area (Å²) < 4.78 is 4.28. The van der Waals surface area contributed by atoms with E-state index in [1.165, 1.54) is 0 Å². The number of hydrogen-bond donors (Lipinski definition) is 3. The van der Waals surface area contributed by atoms with Gasteiger partial charge < -0.3 is 16.2 Å². The Balaban J connectivity index is 2.93. The highest BCUT2D eigenvalue weighted by Crippen LogP contribution is 2.17. The number of carbonyl (C=O) groups is 2. The minimum absolute atomic E-state index is 0.172. The van der Waals surface area contributed by atoms with Crippen molar-refractivity contribution in [1.29, 1.82) is 0 Å². The van der Waals surface area contributed by atoms with Crippen LogP contribution in [0.2, 0.25) is 0 Å². The van der Waals surface area contributed by atoms with Gasteiger partial charge in [-0.1, -0.05) is 13.8 Å². The van der Waals surface area contributed by atoms with Crippen molar-refractivity contribution < 1.29 is 19.3 Å². The van der Waals surface area contributed by atoms with Crippen molar-refractivity contribution >= 4 is 17.7 Å². The predicted molar refractivity (Wildman–Crippen MR) is 57.1 cm³/mol. The van der Waals surface area contributed by atoms with E-state index >= 15 is 0 Å². The van der Waals surface area contributed by atoms with Crippen LogP contribution in [0, 0.1) is 0 Å². The Kier molecular flexibility index (Phi) is 3.66.